The van der Waals surface area contributed by atoms with E-state index in [0.717, 1.165) is 19.5 Å². The number of hydrogen-bond donors (Lipinski definition) is 0. The molecule has 2 aromatic carbocycles. The van der Waals surface area contributed by atoms with Crippen LogP contribution in [0.5, 0.6) is 11.5 Å². The summed E-state index contributed by atoms with van der Waals surface area (Å²) in [6.45, 7) is 3.24. The van der Waals surface area contributed by atoms with Crippen molar-refractivity contribution in [2.45, 2.75) is 31.8 Å². The SMILES string of the molecule is COC(=O)C1C(C#N)=NC(C)=C(C(=O)OCCCCOc2ccc(OCC3CO3)cc2)C1c1cccc([N+](=O)[O-])c1. The summed E-state index contributed by atoms with van der Waals surface area (Å²) in [6.07, 6.45) is 1.27. The summed E-state index contributed by atoms with van der Waals surface area (Å²) in [7, 11) is 1.15. The first-order chi connectivity index (χ1) is 19.8. The predicted molar refractivity (Wildman–Crippen MR) is 144 cm³/mol. The zero-order valence-electron chi connectivity index (χ0n) is 22.6. The fourth-order valence-corrected chi connectivity index (χ4v) is 4.42. The molecule has 0 amide bonds. The molecule has 3 atom stereocenters. The van der Waals surface area contributed by atoms with Crippen LogP contribution in [0.15, 0.2) is 64.8 Å². The summed E-state index contributed by atoms with van der Waals surface area (Å²) in [5.41, 5.74) is 0.119. The summed E-state index contributed by atoms with van der Waals surface area (Å²) < 4.78 is 26.9. The largest absolute Gasteiger partial charge is 0.494 e. The highest BCUT2D eigenvalue weighted by atomic mass is 16.6. The van der Waals surface area contributed by atoms with Crippen LogP contribution in [0.1, 0.15) is 31.2 Å². The molecule has 3 unspecified atom stereocenters. The van der Waals surface area contributed by atoms with Gasteiger partial charge in [-0.05, 0) is 49.6 Å². The smallest absolute Gasteiger partial charge is 0.336 e. The highest BCUT2D eigenvalue weighted by Gasteiger charge is 2.44. The number of nitro groups is 1. The Morgan fingerprint density at radius 2 is 1.80 bits per heavy atom. The van der Waals surface area contributed by atoms with Gasteiger partial charge in [-0.2, -0.15) is 5.26 Å². The Hall–Kier alpha value is -4.76. The van der Waals surface area contributed by atoms with Gasteiger partial charge in [0.2, 0.25) is 0 Å². The lowest BCUT2D eigenvalue weighted by atomic mass is 9.75. The van der Waals surface area contributed by atoms with Crippen molar-refractivity contribution < 1.29 is 38.2 Å². The maximum atomic E-state index is 13.3. The van der Waals surface area contributed by atoms with E-state index < -0.39 is 28.7 Å². The first-order valence-electron chi connectivity index (χ1n) is 13.0. The van der Waals surface area contributed by atoms with Crippen molar-refractivity contribution in [2.75, 3.05) is 33.5 Å². The van der Waals surface area contributed by atoms with Gasteiger partial charge >= 0.3 is 11.9 Å². The van der Waals surface area contributed by atoms with Crippen molar-refractivity contribution in [1.82, 2.24) is 0 Å². The molecule has 0 radical (unpaired) electrons. The van der Waals surface area contributed by atoms with E-state index in [1.165, 1.54) is 25.1 Å². The lowest BCUT2D eigenvalue weighted by molar-refractivity contribution is -0.384. The van der Waals surface area contributed by atoms with Crippen LogP contribution in [0.2, 0.25) is 0 Å². The summed E-state index contributed by atoms with van der Waals surface area (Å²) in [5.74, 6) is -2.45. The van der Waals surface area contributed by atoms with E-state index in [-0.39, 0.29) is 40.9 Å². The number of carbonyl (C=O) groups excluding carboxylic acids is 2. The molecule has 214 valence electrons. The number of hydrogen-bond acceptors (Lipinski definition) is 11. The Morgan fingerprint density at radius 3 is 2.44 bits per heavy atom. The molecule has 0 aliphatic carbocycles. The van der Waals surface area contributed by atoms with Gasteiger partial charge in [-0.1, -0.05) is 12.1 Å². The third-order valence-electron chi connectivity index (χ3n) is 6.55. The van der Waals surface area contributed by atoms with E-state index in [9.17, 15) is 25.0 Å². The minimum atomic E-state index is -1.27. The van der Waals surface area contributed by atoms with Crippen LogP contribution in [-0.4, -0.2) is 62.2 Å². The number of nitrogens with zero attached hydrogens (tertiary/aromatic N) is 3. The molecule has 2 heterocycles. The van der Waals surface area contributed by atoms with Gasteiger partial charge in [0.25, 0.3) is 5.69 Å². The topological polar surface area (TPSA) is 163 Å². The van der Waals surface area contributed by atoms with Crippen molar-refractivity contribution >= 4 is 23.3 Å². The van der Waals surface area contributed by atoms with E-state index in [2.05, 4.69) is 4.99 Å². The second-order valence-electron chi connectivity index (χ2n) is 9.37. The minimum Gasteiger partial charge on any atom is -0.494 e. The monoisotopic (exact) mass is 563 g/mol. The van der Waals surface area contributed by atoms with E-state index in [1.54, 1.807) is 6.07 Å². The number of allylic oxidation sites excluding steroid dienone is 1. The molecule has 2 aromatic rings. The number of non-ortho nitro benzene ring substituents is 1. The molecule has 1 saturated heterocycles. The van der Waals surface area contributed by atoms with Crippen LogP contribution in [0.25, 0.3) is 0 Å². The van der Waals surface area contributed by atoms with Gasteiger partial charge < -0.3 is 23.7 Å². The van der Waals surface area contributed by atoms with Crippen LogP contribution < -0.4 is 9.47 Å². The zero-order valence-corrected chi connectivity index (χ0v) is 22.6. The molecule has 0 aromatic heterocycles. The molecule has 4 rings (SSSR count). The number of aliphatic imine (C=N–C) groups is 1. The molecule has 0 bridgehead atoms. The molecule has 0 saturated carbocycles. The standard InChI is InChI=1S/C29H29N3O9/c1-18-25(26(19-6-5-7-20(14-19)32(35)36)27(28(33)37-2)24(15-30)31-18)29(34)39-13-4-3-12-38-21-8-10-22(11-9-21)40-16-23-17-41-23/h5-11,14,23,26-27H,3-4,12-13,16-17H2,1-2H3. The van der Waals surface area contributed by atoms with Crippen LogP contribution in [0, 0.1) is 27.4 Å². The summed E-state index contributed by atoms with van der Waals surface area (Å²) in [6, 6.07) is 14.7. The fourth-order valence-electron chi connectivity index (χ4n) is 4.42. The number of unbranched alkanes of at least 4 members (excludes halogenated alkanes) is 1. The van der Waals surface area contributed by atoms with Crippen LogP contribution in [0.4, 0.5) is 5.69 Å². The Kier molecular flexibility index (Phi) is 9.65. The summed E-state index contributed by atoms with van der Waals surface area (Å²) in [4.78, 5) is 41.0. The number of carbonyl (C=O) groups is 2. The van der Waals surface area contributed by atoms with E-state index in [0.29, 0.717) is 31.8 Å². The molecule has 1 fully saturated rings. The zero-order chi connectivity index (χ0) is 29.4. The Bertz CT molecular complexity index is 1390. The van der Waals surface area contributed by atoms with Gasteiger partial charge in [0.1, 0.15) is 41.9 Å². The van der Waals surface area contributed by atoms with Crippen LogP contribution in [-0.2, 0) is 23.8 Å². The number of esters is 2. The molecule has 0 spiro atoms. The molecule has 41 heavy (non-hydrogen) atoms. The second-order valence-corrected chi connectivity index (χ2v) is 9.37. The molecule has 0 N–H and O–H groups in total. The molecular formula is C29H29N3O9. The summed E-state index contributed by atoms with van der Waals surface area (Å²) >= 11 is 0. The molecule has 2 aliphatic rings. The number of benzene rings is 2. The van der Waals surface area contributed by atoms with Crippen LogP contribution in [0.3, 0.4) is 0 Å². The maximum Gasteiger partial charge on any atom is 0.336 e. The fraction of sp³-hybridized carbons (Fsp3) is 0.379. The quantitative estimate of drug-likeness (QED) is 0.115. The highest BCUT2D eigenvalue weighted by molar-refractivity contribution is 6.14. The number of ether oxygens (including phenoxy) is 5. The highest BCUT2D eigenvalue weighted by Crippen LogP contribution is 2.41. The van der Waals surface area contributed by atoms with Gasteiger partial charge in [0, 0.05) is 23.7 Å². The molecule has 2 aliphatic heterocycles. The van der Waals surface area contributed by atoms with Crippen molar-refractivity contribution in [3.8, 4) is 17.6 Å². The average Bonchev–Trinajstić information content (AvgIpc) is 3.82. The van der Waals surface area contributed by atoms with Crippen LogP contribution >= 0.6 is 0 Å². The van der Waals surface area contributed by atoms with Crippen molar-refractivity contribution in [3.05, 3.63) is 75.5 Å². The van der Waals surface area contributed by atoms with Gasteiger partial charge in [-0.15, -0.1) is 0 Å². The number of nitro benzene ring substituents is 1. The third-order valence-corrected chi connectivity index (χ3v) is 6.55. The predicted octanol–water partition coefficient (Wildman–Crippen LogP) is 3.90. The first kappa shape index (κ1) is 29.2. The van der Waals surface area contributed by atoms with Gasteiger partial charge in [-0.3, -0.25) is 14.9 Å². The minimum absolute atomic E-state index is 0.0340. The van der Waals surface area contributed by atoms with Gasteiger partial charge in [0.15, 0.2) is 0 Å². The van der Waals surface area contributed by atoms with E-state index in [4.69, 9.17) is 23.7 Å². The number of nitriles is 1. The molecule has 12 nitrogen and oxygen atoms in total. The van der Waals surface area contributed by atoms with Gasteiger partial charge in [-0.25, -0.2) is 9.79 Å². The normalized spacial score (nSPS) is 19.4. The van der Waals surface area contributed by atoms with E-state index in [1.807, 2.05) is 30.3 Å². The molecular weight excluding hydrogens is 534 g/mol. The first-order valence-corrected chi connectivity index (χ1v) is 13.0. The van der Waals surface area contributed by atoms with Crippen molar-refractivity contribution in [1.29, 1.82) is 5.26 Å². The number of rotatable bonds is 13. The second kappa shape index (κ2) is 13.5. The average molecular weight is 564 g/mol. The lowest BCUT2D eigenvalue weighted by Gasteiger charge is -2.30. The Balaban J connectivity index is 1.38. The Morgan fingerprint density at radius 1 is 1.12 bits per heavy atom. The summed E-state index contributed by atoms with van der Waals surface area (Å²) in [5, 5.41) is 21.1. The third kappa shape index (κ3) is 7.46. The number of epoxide rings is 1. The van der Waals surface area contributed by atoms with E-state index >= 15 is 0 Å². The van der Waals surface area contributed by atoms with Crippen molar-refractivity contribution in [2.24, 2.45) is 10.9 Å². The Labute approximate surface area is 236 Å². The number of methoxy groups -OCH3 is 1. The lowest BCUT2D eigenvalue weighted by Crippen LogP contribution is -2.36. The van der Waals surface area contributed by atoms with Crippen molar-refractivity contribution in [3.63, 3.8) is 0 Å². The maximum absolute atomic E-state index is 13.3. The van der Waals surface area contributed by atoms with Gasteiger partial charge in [0.05, 0.1) is 37.4 Å². The molecule has 12 heteroatoms.